The van der Waals surface area contributed by atoms with Gasteiger partial charge in [-0.25, -0.2) is 0 Å². The summed E-state index contributed by atoms with van der Waals surface area (Å²) in [6.45, 7) is 4.15. The summed E-state index contributed by atoms with van der Waals surface area (Å²) in [4.78, 5) is 6.65. The number of benzene rings is 3. The quantitative estimate of drug-likeness (QED) is 0.191. The SMILES string of the molecule is COc1cc2c(Nc3ccc(Oc4ccccc4OC)cc3)c(C#N)cnc2cc1OCCCN(C)C1COCCC1(C)O. The van der Waals surface area contributed by atoms with Crippen molar-refractivity contribution in [1.82, 2.24) is 9.88 Å². The summed E-state index contributed by atoms with van der Waals surface area (Å²) in [6.07, 6.45) is 2.91. The van der Waals surface area contributed by atoms with E-state index in [1.807, 2.05) is 74.6 Å². The van der Waals surface area contributed by atoms with E-state index in [2.05, 4.69) is 21.3 Å². The Labute approximate surface area is 257 Å². The maximum absolute atomic E-state index is 10.7. The topological polar surface area (TPSA) is 118 Å². The number of fused-ring (bicyclic) bond motifs is 1. The van der Waals surface area contributed by atoms with Gasteiger partial charge in [0.25, 0.3) is 0 Å². The standard InChI is InChI=1S/C34H38N4O6/c1-34(39)14-17-42-22-32(34)38(2)15-7-16-43-31-19-27-26(18-30(31)41-4)33(23(20-35)21-36-27)37-24-10-12-25(13-11-24)44-29-9-6-5-8-28(29)40-3/h5-6,8-13,18-19,21,32,39H,7,14-17,22H2,1-4H3,(H,36,37). The molecule has 2 heterocycles. The number of hydrogen-bond donors (Lipinski definition) is 2. The molecule has 0 aliphatic carbocycles. The highest BCUT2D eigenvalue weighted by molar-refractivity contribution is 5.97. The van der Waals surface area contributed by atoms with Crippen LogP contribution in [0.15, 0.2) is 66.9 Å². The van der Waals surface area contributed by atoms with Crippen molar-refractivity contribution in [2.45, 2.75) is 31.4 Å². The minimum Gasteiger partial charge on any atom is -0.493 e. The van der Waals surface area contributed by atoms with Crippen molar-refractivity contribution in [1.29, 1.82) is 5.26 Å². The number of pyridine rings is 1. The summed E-state index contributed by atoms with van der Waals surface area (Å²) in [5, 5.41) is 24.7. The van der Waals surface area contributed by atoms with E-state index in [1.165, 1.54) is 0 Å². The highest BCUT2D eigenvalue weighted by Crippen LogP contribution is 2.38. The van der Waals surface area contributed by atoms with Crippen LogP contribution in [-0.2, 0) is 4.74 Å². The van der Waals surface area contributed by atoms with Crippen LogP contribution in [0.2, 0.25) is 0 Å². The van der Waals surface area contributed by atoms with Gasteiger partial charge in [-0.15, -0.1) is 0 Å². The Bertz CT molecular complexity index is 1620. The molecule has 0 bridgehead atoms. The number of likely N-dealkylation sites (N-methyl/N-ethyl adjacent to an activating group) is 1. The zero-order chi connectivity index (χ0) is 31.1. The van der Waals surface area contributed by atoms with Gasteiger partial charge in [0.2, 0.25) is 0 Å². The van der Waals surface area contributed by atoms with E-state index in [4.69, 9.17) is 23.7 Å². The summed E-state index contributed by atoms with van der Waals surface area (Å²) in [6, 6.07) is 20.7. The molecule has 5 rings (SSSR count). The monoisotopic (exact) mass is 598 g/mol. The smallest absolute Gasteiger partial charge is 0.169 e. The second-order valence-corrected chi connectivity index (χ2v) is 11.0. The first-order valence-electron chi connectivity index (χ1n) is 14.5. The fourth-order valence-electron chi connectivity index (χ4n) is 5.35. The fraction of sp³-hybridized carbons (Fsp3) is 0.353. The molecule has 44 heavy (non-hydrogen) atoms. The third-order valence-electron chi connectivity index (χ3n) is 7.89. The number of ether oxygens (including phenoxy) is 5. The molecule has 10 heteroatoms. The second kappa shape index (κ2) is 13.8. The molecule has 1 aliphatic rings. The van der Waals surface area contributed by atoms with Crippen LogP contribution < -0.4 is 24.3 Å². The van der Waals surface area contributed by atoms with Crippen molar-refractivity contribution in [2.75, 3.05) is 52.9 Å². The van der Waals surface area contributed by atoms with Crippen molar-refractivity contribution >= 4 is 22.3 Å². The normalized spacial score (nSPS) is 18.1. The van der Waals surface area contributed by atoms with E-state index in [1.54, 1.807) is 20.4 Å². The van der Waals surface area contributed by atoms with Crippen molar-refractivity contribution in [3.05, 3.63) is 72.4 Å². The zero-order valence-corrected chi connectivity index (χ0v) is 25.5. The Morgan fingerprint density at radius 1 is 1.07 bits per heavy atom. The molecule has 4 aromatic rings. The van der Waals surface area contributed by atoms with Gasteiger partial charge >= 0.3 is 0 Å². The van der Waals surface area contributed by atoms with E-state index >= 15 is 0 Å². The van der Waals surface area contributed by atoms with Gasteiger partial charge in [0.1, 0.15) is 11.8 Å². The Morgan fingerprint density at radius 3 is 2.52 bits per heavy atom. The molecule has 2 N–H and O–H groups in total. The summed E-state index contributed by atoms with van der Waals surface area (Å²) < 4.78 is 28.8. The molecular weight excluding hydrogens is 560 g/mol. The van der Waals surface area contributed by atoms with Gasteiger partial charge in [-0.1, -0.05) is 12.1 Å². The molecule has 1 fully saturated rings. The lowest BCUT2D eigenvalue weighted by Gasteiger charge is -2.42. The van der Waals surface area contributed by atoms with E-state index < -0.39 is 5.60 Å². The molecule has 0 radical (unpaired) electrons. The molecule has 0 spiro atoms. The number of hydrogen-bond acceptors (Lipinski definition) is 10. The van der Waals surface area contributed by atoms with Gasteiger partial charge in [-0.2, -0.15) is 5.26 Å². The number of para-hydroxylation sites is 2. The number of aromatic nitrogens is 1. The van der Waals surface area contributed by atoms with E-state index in [0.29, 0.717) is 71.8 Å². The van der Waals surface area contributed by atoms with Crippen LogP contribution in [0.25, 0.3) is 10.9 Å². The highest BCUT2D eigenvalue weighted by atomic mass is 16.5. The van der Waals surface area contributed by atoms with Crippen LogP contribution >= 0.6 is 0 Å². The van der Waals surface area contributed by atoms with Crippen LogP contribution in [0.5, 0.6) is 28.7 Å². The Balaban J connectivity index is 1.29. The van der Waals surface area contributed by atoms with Crippen LogP contribution in [0.4, 0.5) is 11.4 Å². The van der Waals surface area contributed by atoms with Gasteiger partial charge in [0, 0.05) is 42.9 Å². The van der Waals surface area contributed by atoms with E-state index in [0.717, 1.165) is 24.0 Å². The molecule has 2 atom stereocenters. The van der Waals surface area contributed by atoms with E-state index in [-0.39, 0.29) is 6.04 Å². The average molecular weight is 599 g/mol. The van der Waals surface area contributed by atoms with E-state index in [9.17, 15) is 10.4 Å². The molecule has 3 aromatic carbocycles. The summed E-state index contributed by atoms with van der Waals surface area (Å²) in [7, 11) is 5.19. The zero-order valence-electron chi connectivity index (χ0n) is 25.5. The lowest BCUT2D eigenvalue weighted by atomic mass is 9.90. The first-order valence-corrected chi connectivity index (χ1v) is 14.5. The number of aliphatic hydroxyl groups is 1. The summed E-state index contributed by atoms with van der Waals surface area (Å²) in [5.74, 6) is 3.01. The second-order valence-electron chi connectivity index (χ2n) is 11.0. The van der Waals surface area contributed by atoms with Crippen LogP contribution in [0.1, 0.15) is 25.3 Å². The van der Waals surface area contributed by atoms with Gasteiger partial charge in [0.15, 0.2) is 23.0 Å². The summed E-state index contributed by atoms with van der Waals surface area (Å²) >= 11 is 0. The largest absolute Gasteiger partial charge is 0.493 e. The van der Waals surface area contributed by atoms with Crippen molar-refractivity contribution in [3.63, 3.8) is 0 Å². The van der Waals surface area contributed by atoms with Gasteiger partial charge in [0.05, 0.1) is 55.8 Å². The van der Waals surface area contributed by atoms with Gasteiger partial charge in [-0.05, 0) is 62.9 Å². The molecule has 1 saturated heterocycles. The lowest BCUT2D eigenvalue weighted by molar-refractivity contribution is -0.114. The molecule has 10 nitrogen and oxygen atoms in total. The molecule has 1 aromatic heterocycles. The molecular formula is C34H38N4O6. The predicted molar refractivity (Wildman–Crippen MR) is 168 cm³/mol. The Hall–Kier alpha value is -4.56. The molecule has 0 saturated carbocycles. The van der Waals surface area contributed by atoms with Gasteiger partial charge < -0.3 is 34.1 Å². The molecule has 0 amide bonds. The summed E-state index contributed by atoms with van der Waals surface area (Å²) in [5.41, 5.74) is 1.66. The third-order valence-corrected chi connectivity index (χ3v) is 7.89. The molecule has 1 aliphatic heterocycles. The molecule has 230 valence electrons. The average Bonchev–Trinajstić information content (AvgIpc) is 3.03. The number of methoxy groups -OCH3 is 2. The Kier molecular flexibility index (Phi) is 9.70. The van der Waals surface area contributed by atoms with Crippen molar-refractivity contribution in [2.24, 2.45) is 0 Å². The van der Waals surface area contributed by atoms with Crippen LogP contribution in [-0.4, -0.2) is 74.3 Å². The number of nitrogens with zero attached hydrogens (tertiary/aromatic N) is 3. The molecule has 2 unspecified atom stereocenters. The highest BCUT2D eigenvalue weighted by Gasteiger charge is 2.37. The number of nitriles is 1. The minimum atomic E-state index is -0.777. The number of rotatable bonds is 12. The minimum absolute atomic E-state index is 0.0630. The first kappa shape index (κ1) is 30.9. The number of nitrogens with one attached hydrogen (secondary N) is 1. The maximum Gasteiger partial charge on any atom is 0.169 e. The number of anilines is 2. The Morgan fingerprint density at radius 2 is 1.82 bits per heavy atom. The predicted octanol–water partition coefficient (Wildman–Crippen LogP) is 5.90. The van der Waals surface area contributed by atoms with Crippen LogP contribution in [0, 0.1) is 11.3 Å². The first-order chi connectivity index (χ1) is 21.3. The van der Waals surface area contributed by atoms with Crippen molar-refractivity contribution < 1.29 is 28.8 Å². The lowest BCUT2D eigenvalue weighted by Crippen LogP contribution is -2.55. The van der Waals surface area contributed by atoms with Crippen LogP contribution in [0.3, 0.4) is 0 Å². The van der Waals surface area contributed by atoms with Crippen molar-refractivity contribution in [3.8, 4) is 34.8 Å². The van der Waals surface area contributed by atoms with Gasteiger partial charge in [-0.3, -0.25) is 9.88 Å². The third kappa shape index (κ3) is 6.97. The fourth-order valence-corrected chi connectivity index (χ4v) is 5.35. The maximum atomic E-state index is 10.7.